The van der Waals surface area contributed by atoms with E-state index in [2.05, 4.69) is 10.9 Å². The Morgan fingerprint density at radius 2 is 1.75 bits per heavy atom. The van der Waals surface area contributed by atoms with Crippen molar-refractivity contribution in [3.8, 4) is 5.75 Å². The van der Waals surface area contributed by atoms with Gasteiger partial charge in [-0.2, -0.15) is 0 Å². The summed E-state index contributed by atoms with van der Waals surface area (Å²) in [6.45, 7) is 3.38. The second-order valence-corrected chi connectivity index (χ2v) is 5.33. The lowest BCUT2D eigenvalue weighted by molar-refractivity contribution is -0.132. The van der Waals surface area contributed by atoms with Crippen molar-refractivity contribution in [1.82, 2.24) is 10.9 Å². The summed E-state index contributed by atoms with van der Waals surface area (Å²) in [5.41, 5.74) is 6.47. The van der Waals surface area contributed by atoms with Crippen LogP contribution in [0, 0.1) is 12.7 Å². The Balaban J connectivity index is 1.83. The number of rotatable bonds is 5. The molecule has 5 nitrogen and oxygen atoms in total. The highest BCUT2D eigenvalue weighted by atomic mass is 19.1. The minimum Gasteiger partial charge on any atom is -0.478 e. The van der Waals surface area contributed by atoms with Gasteiger partial charge >= 0.3 is 0 Å². The first-order valence-electron chi connectivity index (χ1n) is 7.51. The van der Waals surface area contributed by atoms with Crippen molar-refractivity contribution in [3.63, 3.8) is 0 Å². The Morgan fingerprint density at radius 3 is 2.46 bits per heavy atom. The largest absolute Gasteiger partial charge is 0.478 e. The van der Waals surface area contributed by atoms with Gasteiger partial charge in [0.1, 0.15) is 0 Å². The maximum absolute atomic E-state index is 13.5. The number of hydrazine groups is 1. The molecule has 0 bridgehead atoms. The molecular formula is C18H19FN2O3. The topological polar surface area (TPSA) is 67.4 Å². The zero-order valence-electron chi connectivity index (χ0n) is 13.5. The van der Waals surface area contributed by atoms with Crippen LogP contribution in [0.5, 0.6) is 5.75 Å². The number of hydrogen-bond donors (Lipinski definition) is 2. The Kier molecular flexibility index (Phi) is 5.89. The van der Waals surface area contributed by atoms with Crippen LogP contribution in [-0.2, 0) is 16.0 Å². The van der Waals surface area contributed by atoms with E-state index in [-0.39, 0.29) is 18.1 Å². The molecule has 24 heavy (non-hydrogen) atoms. The second-order valence-electron chi connectivity index (χ2n) is 5.33. The fourth-order valence-corrected chi connectivity index (χ4v) is 2.04. The smallest absolute Gasteiger partial charge is 0.279 e. The molecule has 0 aliphatic carbocycles. The third-order valence-corrected chi connectivity index (χ3v) is 3.45. The Labute approximate surface area is 139 Å². The summed E-state index contributed by atoms with van der Waals surface area (Å²) in [6, 6.07) is 13.3. The molecule has 0 fully saturated rings. The number of aryl methyl sites for hydroxylation is 1. The van der Waals surface area contributed by atoms with Gasteiger partial charge in [0, 0.05) is 0 Å². The quantitative estimate of drug-likeness (QED) is 0.827. The fourth-order valence-electron chi connectivity index (χ4n) is 2.04. The van der Waals surface area contributed by atoms with E-state index < -0.39 is 17.8 Å². The van der Waals surface area contributed by atoms with Gasteiger partial charge in [-0.25, -0.2) is 4.39 Å². The van der Waals surface area contributed by atoms with Crippen LogP contribution in [0.3, 0.4) is 0 Å². The molecule has 0 heterocycles. The van der Waals surface area contributed by atoms with Crippen molar-refractivity contribution in [3.05, 3.63) is 65.5 Å². The van der Waals surface area contributed by atoms with Gasteiger partial charge in [-0.3, -0.25) is 20.4 Å². The van der Waals surface area contributed by atoms with Crippen molar-refractivity contribution >= 4 is 11.8 Å². The molecule has 0 aliphatic heterocycles. The second kappa shape index (κ2) is 8.10. The maximum Gasteiger partial charge on any atom is 0.279 e. The molecule has 2 amide bonds. The molecular weight excluding hydrogens is 311 g/mol. The summed E-state index contributed by atoms with van der Waals surface area (Å²) < 4.78 is 18.7. The first kappa shape index (κ1) is 17.5. The molecule has 126 valence electrons. The number of carbonyl (C=O) groups is 2. The molecule has 2 aromatic rings. The molecule has 1 atom stereocenters. The van der Waals surface area contributed by atoms with Gasteiger partial charge in [-0.05, 0) is 37.1 Å². The lowest BCUT2D eigenvalue weighted by Gasteiger charge is -2.15. The number of para-hydroxylation sites is 1. The third-order valence-electron chi connectivity index (χ3n) is 3.45. The molecule has 6 heteroatoms. The Bertz CT molecular complexity index is 734. The summed E-state index contributed by atoms with van der Waals surface area (Å²) in [5.74, 6) is -1.50. The van der Waals surface area contributed by atoms with Gasteiger partial charge in [0.2, 0.25) is 5.91 Å². The fraction of sp³-hybridized carbons (Fsp3) is 0.222. The summed E-state index contributed by atoms with van der Waals surface area (Å²) in [5, 5.41) is 0. The highest BCUT2D eigenvalue weighted by Gasteiger charge is 2.17. The first-order valence-corrected chi connectivity index (χ1v) is 7.51. The molecule has 0 aliphatic rings. The summed E-state index contributed by atoms with van der Waals surface area (Å²) in [6.07, 6.45) is -0.809. The number of ether oxygens (including phenoxy) is 1. The molecule has 0 saturated heterocycles. The average molecular weight is 330 g/mol. The van der Waals surface area contributed by atoms with E-state index >= 15 is 0 Å². The van der Waals surface area contributed by atoms with Gasteiger partial charge in [-0.1, -0.05) is 36.4 Å². The molecule has 0 aromatic heterocycles. The molecule has 2 aromatic carbocycles. The van der Waals surface area contributed by atoms with Crippen LogP contribution in [-0.4, -0.2) is 17.9 Å². The van der Waals surface area contributed by atoms with E-state index in [1.807, 2.05) is 31.2 Å². The summed E-state index contributed by atoms with van der Waals surface area (Å²) in [4.78, 5) is 23.8. The van der Waals surface area contributed by atoms with Crippen LogP contribution in [0.15, 0.2) is 48.5 Å². The van der Waals surface area contributed by atoms with E-state index in [1.165, 1.54) is 25.1 Å². The number of carbonyl (C=O) groups excluding carboxylic acids is 2. The zero-order valence-corrected chi connectivity index (χ0v) is 13.5. The van der Waals surface area contributed by atoms with Crippen LogP contribution in [0.2, 0.25) is 0 Å². The lowest BCUT2D eigenvalue weighted by atomic mass is 10.1. The third kappa shape index (κ3) is 4.81. The highest BCUT2D eigenvalue weighted by molar-refractivity contribution is 5.85. The zero-order chi connectivity index (χ0) is 17.5. The number of nitrogens with one attached hydrogen (secondary N) is 2. The van der Waals surface area contributed by atoms with Gasteiger partial charge in [0.15, 0.2) is 17.7 Å². The van der Waals surface area contributed by atoms with Gasteiger partial charge in [-0.15, -0.1) is 0 Å². The SMILES string of the molecule is Cc1ccccc1CC(=O)NNC(=O)C(C)Oc1ccccc1F. The van der Waals surface area contributed by atoms with Crippen LogP contribution in [0.1, 0.15) is 18.1 Å². The van der Waals surface area contributed by atoms with Crippen molar-refractivity contribution in [2.24, 2.45) is 0 Å². The van der Waals surface area contributed by atoms with Crippen LogP contribution in [0.4, 0.5) is 4.39 Å². The van der Waals surface area contributed by atoms with Gasteiger partial charge < -0.3 is 4.74 Å². The molecule has 0 radical (unpaired) electrons. The minimum atomic E-state index is -0.958. The van der Waals surface area contributed by atoms with Crippen molar-refractivity contribution in [2.75, 3.05) is 0 Å². The van der Waals surface area contributed by atoms with Crippen LogP contribution in [0.25, 0.3) is 0 Å². The maximum atomic E-state index is 13.5. The summed E-state index contributed by atoms with van der Waals surface area (Å²) in [7, 11) is 0. The normalized spacial score (nSPS) is 11.5. The van der Waals surface area contributed by atoms with E-state index in [0.717, 1.165) is 11.1 Å². The predicted octanol–water partition coefficient (Wildman–Crippen LogP) is 2.29. The van der Waals surface area contributed by atoms with E-state index in [9.17, 15) is 14.0 Å². The highest BCUT2D eigenvalue weighted by Crippen LogP contribution is 2.16. The van der Waals surface area contributed by atoms with Crippen molar-refractivity contribution in [1.29, 1.82) is 0 Å². The van der Waals surface area contributed by atoms with Gasteiger partial charge in [0.05, 0.1) is 6.42 Å². The first-order chi connectivity index (χ1) is 11.5. The molecule has 1 unspecified atom stereocenters. The Morgan fingerprint density at radius 1 is 1.08 bits per heavy atom. The standard InChI is InChI=1S/C18H19FN2O3/c1-12-7-3-4-8-14(12)11-17(22)20-21-18(23)13(2)24-16-10-6-5-9-15(16)19/h3-10,13H,11H2,1-2H3,(H,20,22)(H,21,23). The number of halogens is 1. The predicted molar refractivity (Wildman–Crippen MR) is 87.7 cm³/mol. The van der Waals surface area contributed by atoms with E-state index in [1.54, 1.807) is 6.07 Å². The van der Waals surface area contributed by atoms with Crippen molar-refractivity contribution < 1.29 is 18.7 Å². The summed E-state index contributed by atoms with van der Waals surface area (Å²) >= 11 is 0. The van der Waals surface area contributed by atoms with Crippen LogP contribution >= 0.6 is 0 Å². The van der Waals surface area contributed by atoms with E-state index in [0.29, 0.717) is 0 Å². The molecule has 0 saturated carbocycles. The minimum absolute atomic E-state index is 0.0219. The molecule has 0 spiro atoms. The monoisotopic (exact) mass is 330 g/mol. The van der Waals surface area contributed by atoms with E-state index in [4.69, 9.17) is 4.74 Å². The van der Waals surface area contributed by atoms with Crippen molar-refractivity contribution in [2.45, 2.75) is 26.4 Å². The number of benzene rings is 2. The molecule has 2 rings (SSSR count). The number of amides is 2. The molecule has 2 N–H and O–H groups in total. The van der Waals surface area contributed by atoms with Gasteiger partial charge in [0.25, 0.3) is 5.91 Å². The Hall–Kier alpha value is -2.89. The van der Waals surface area contributed by atoms with Crippen LogP contribution < -0.4 is 15.6 Å². The average Bonchev–Trinajstić information content (AvgIpc) is 2.56. The number of hydrogen-bond acceptors (Lipinski definition) is 3. The lowest BCUT2D eigenvalue weighted by Crippen LogP contribution is -2.47.